The third-order valence-corrected chi connectivity index (χ3v) is 3.95. The van der Waals surface area contributed by atoms with Gasteiger partial charge in [-0.15, -0.1) is 0 Å². The Hall–Kier alpha value is -0.980. The van der Waals surface area contributed by atoms with Crippen LogP contribution >= 0.6 is 0 Å². The highest BCUT2D eigenvalue weighted by atomic mass is 19.4. The predicted octanol–water partition coefficient (Wildman–Crippen LogP) is 2.49. The van der Waals surface area contributed by atoms with Gasteiger partial charge < -0.3 is 14.5 Å². The summed E-state index contributed by atoms with van der Waals surface area (Å²) in [6.07, 6.45) is -1.11. The zero-order valence-electron chi connectivity index (χ0n) is 11.5. The molecule has 116 valence electrons. The van der Waals surface area contributed by atoms with Crippen molar-refractivity contribution in [2.75, 3.05) is 39.3 Å². The van der Waals surface area contributed by atoms with Crippen molar-refractivity contribution >= 4 is 6.09 Å². The van der Waals surface area contributed by atoms with Crippen molar-refractivity contribution in [3.63, 3.8) is 0 Å². The van der Waals surface area contributed by atoms with Gasteiger partial charge in [0.05, 0.1) is 0 Å². The molecular weight excluding hydrogens is 273 g/mol. The van der Waals surface area contributed by atoms with Crippen LogP contribution in [0.25, 0.3) is 0 Å². The number of piperidine rings is 1. The van der Waals surface area contributed by atoms with Crippen molar-refractivity contribution in [1.29, 1.82) is 0 Å². The summed E-state index contributed by atoms with van der Waals surface area (Å²) in [5.41, 5.74) is 0. The molecule has 4 nitrogen and oxygen atoms in total. The summed E-state index contributed by atoms with van der Waals surface area (Å²) in [5, 5.41) is 0. The van der Waals surface area contributed by atoms with E-state index in [1.54, 1.807) is 0 Å². The average Bonchev–Trinajstić information content (AvgIpc) is 2.89. The zero-order valence-corrected chi connectivity index (χ0v) is 11.5. The van der Waals surface area contributed by atoms with Crippen LogP contribution in [0.15, 0.2) is 0 Å². The molecule has 0 atom stereocenters. The monoisotopic (exact) mass is 294 g/mol. The molecule has 2 saturated heterocycles. The normalized spacial score (nSPS) is 22.2. The summed E-state index contributed by atoms with van der Waals surface area (Å²) >= 11 is 0. The Kier molecular flexibility index (Phi) is 5.12. The number of alkyl halides is 3. The number of amides is 1. The van der Waals surface area contributed by atoms with Gasteiger partial charge in [-0.2, -0.15) is 13.2 Å². The maximum atomic E-state index is 12.0. The van der Waals surface area contributed by atoms with Gasteiger partial charge in [-0.3, -0.25) is 0 Å². The molecule has 0 aromatic heterocycles. The van der Waals surface area contributed by atoms with E-state index in [9.17, 15) is 18.0 Å². The van der Waals surface area contributed by atoms with Gasteiger partial charge in [0.1, 0.15) is 0 Å². The predicted molar refractivity (Wildman–Crippen MR) is 67.4 cm³/mol. The van der Waals surface area contributed by atoms with E-state index >= 15 is 0 Å². The summed E-state index contributed by atoms with van der Waals surface area (Å²) in [6, 6.07) is 0. The number of rotatable bonds is 3. The summed E-state index contributed by atoms with van der Waals surface area (Å²) < 4.78 is 40.2. The van der Waals surface area contributed by atoms with Gasteiger partial charge in [-0.1, -0.05) is 0 Å². The van der Waals surface area contributed by atoms with E-state index in [4.69, 9.17) is 0 Å². The van der Waals surface area contributed by atoms with Crippen LogP contribution in [0.4, 0.5) is 18.0 Å². The second-order valence-corrected chi connectivity index (χ2v) is 5.61. The number of carbonyl (C=O) groups is 1. The summed E-state index contributed by atoms with van der Waals surface area (Å²) in [4.78, 5) is 15.3. The molecule has 20 heavy (non-hydrogen) atoms. The van der Waals surface area contributed by atoms with Crippen LogP contribution in [0.2, 0.25) is 0 Å². The summed E-state index contributed by atoms with van der Waals surface area (Å²) in [7, 11) is 0. The number of likely N-dealkylation sites (tertiary alicyclic amines) is 2. The van der Waals surface area contributed by atoms with E-state index in [1.165, 1.54) is 17.7 Å². The SMILES string of the molecule is O=C(OCC(F)(F)F)N1CCC(CN2CCCC2)CC1. The number of halogens is 3. The fourth-order valence-electron chi connectivity index (χ4n) is 2.86. The Morgan fingerprint density at radius 1 is 1.10 bits per heavy atom. The van der Waals surface area contributed by atoms with Gasteiger partial charge in [-0.05, 0) is 44.7 Å². The van der Waals surface area contributed by atoms with Crippen LogP contribution in [0.1, 0.15) is 25.7 Å². The van der Waals surface area contributed by atoms with Crippen molar-refractivity contribution < 1.29 is 22.7 Å². The molecule has 0 aromatic carbocycles. The van der Waals surface area contributed by atoms with Crippen LogP contribution in [-0.2, 0) is 4.74 Å². The number of carbonyl (C=O) groups excluding carboxylic acids is 1. The lowest BCUT2D eigenvalue weighted by Gasteiger charge is -2.33. The fourth-order valence-corrected chi connectivity index (χ4v) is 2.86. The van der Waals surface area contributed by atoms with Gasteiger partial charge in [0.15, 0.2) is 6.61 Å². The summed E-state index contributed by atoms with van der Waals surface area (Å²) in [6.45, 7) is 2.83. The van der Waals surface area contributed by atoms with Crippen LogP contribution in [0.5, 0.6) is 0 Å². The lowest BCUT2D eigenvalue weighted by molar-refractivity contribution is -0.162. The first-order valence-corrected chi connectivity index (χ1v) is 7.15. The van der Waals surface area contributed by atoms with Crippen LogP contribution < -0.4 is 0 Å². The van der Waals surface area contributed by atoms with E-state index in [-0.39, 0.29) is 0 Å². The second kappa shape index (κ2) is 6.65. The first kappa shape index (κ1) is 15.4. The van der Waals surface area contributed by atoms with E-state index in [0.29, 0.717) is 19.0 Å². The minimum Gasteiger partial charge on any atom is -0.440 e. The van der Waals surface area contributed by atoms with Gasteiger partial charge >= 0.3 is 12.3 Å². The smallest absolute Gasteiger partial charge is 0.422 e. The molecule has 0 radical (unpaired) electrons. The van der Waals surface area contributed by atoms with Crippen LogP contribution in [0, 0.1) is 5.92 Å². The van der Waals surface area contributed by atoms with E-state index < -0.39 is 18.9 Å². The quantitative estimate of drug-likeness (QED) is 0.802. The first-order valence-electron chi connectivity index (χ1n) is 7.15. The van der Waals surface area contributed by atoms with Crippen molar-refractivity contribution in [2.45, 2.75) is 31.9 Å². The molecule has 0 aromatic rings. The minimum absolute atomic E-state index is 0.495. The molecule has 0 spiro atoms. The van der Waals surface area contributed by atoms with Crippen molar-refractivity contribution in [3.05, 3.63) is 0 Å². The van der Waals surface area contributed by atoms with Crippen LogP contribution in [-0.4, -0.2) is 61.4 Å². The molecule has 0 aliphatic carbocycles. The Morgan fingerprint density at radius 3 is 2.25 bits per heavy atom. The van der Waals surface area contributed by atoms with Gasteiger partial charge in [0.25, 0.3) is 0 Å². The molecule has 0 bridgehead atoms. The van der Waals surface area contributed by atoms with Gasteiger partial charge in [-0.25, -0.2) is 4.79 Å². The highest BCUT2D eigenvalue weighted by molar-refractivity contribution is 5.67. The van der Waals surface area contributed by atoms with Crippen molar-refractivity contribution in [3.8, 4) is 0 Å². The van der Waals surface area contributed by atoms with Crippen molar-refractivity contribution in [2.24, 2.45) is 5.92 Å². The van der Waals surface area contributed by atoms with Gasteiger partial charge in [0, 0.05) is 19.6 Å². The van der Waals surface area contributed by atoms with Crippen molar-refractivity contribution in [1.82, 2.24) is 9.80 Å². The first-order chi connectivity index (χ1) is 9.44. The molecule has 2 rings (SSSR count). The Morgan fingerprint density at radius 2 is 1.70 bits per heavy atom. The number of hydrogen-bond donors (Lipinski definition) is 0. The fraction of sp³-hybridized carbons (Fsp3) is 0.923. The summed E-state index contributed by atoms with van der Waals surface area (Å²) in [5.74, 6) is 0.541. The number of ether oxygens (including phenoxy) is 1. The largest absolute Gasteiger partial charge is 0.440 e. The topological polar surface area (TPSA) is 32.8 Å². The lowest BCUT2D eigenvalue weighted by Crippen LogP contribution is -2.42. The van der Waals surface area contributed by atoms with E-state index in [2.05, 4.69) is 9.64 Å². The maximum Gasteiger partial charge on any atom is 0.422 e. The number of hydrogen-bond acceptors (Lipinski definition) is 3. The molecule has 0 unspecified atom stereocenters. The number of nitrogens with zero attached hydrogens (tertiary/aromatic N) is 2. The molecular formula is C13H21F3N2O2. The Bertz CT molecular complexity index is 322. The lowest BCUT2D eigenvalue weighted by atomic mass is 9.96. The molecule has 2 heterocycles. The average molecular weight is 294 g/mol. The van der Waals surface area contributed by atoms with Gasteiger partial charge in [0.2, 0.25) is 0 Å². The molecule has 0 saturated carbocycles. The van der Waals surface area contributed by atoms with Crippen LogP contribution in [0.3, 0.4) is 0 Å². The minimum atomic E-state index is -4.45. The third kappa shape index (κ3) is 4.85. The highest BCUT2D eigenvalue weighted by Crippen LogP contribution is 2.22. The van der Waals surface area contributed by atoms with E-state index in [0.717, 1.165) is 32.5 Å². The molecule has 0 N–H and O–H groups in total. The maximum absolute atomic E-state index is 12.0. The van der Waals surface area contributed by atoms with E-state index in [1.807, 2.05) is 0 Å². The highest BCUT2D eigenvalue weighted by Gasteiger charge is 2.32. The third-order valence-electron chi connectivity index (χ3n) is 3.95. The Labute approximate surface area is 116 Å². The molecule has 1 amide bonds. The molecule has 2 fully saturated rings. The second-order valence-electron chi connectivity index (χ2n) is 5.61. The Balaban J connectivity index is 1.66. The molecule has 2 aliphatic heterocycles. The molecule has 2 aliphatic rings. The standard InChI is InChI=1S/C13H21F3N2O2/c14-13(15,16)10-20-12(19)18-7-3-11(4-8-18)9-17-5-1-2-6-17/h11H,1-10H2. The molecule has 7 heteroatoms. The zero-order chi connectivity index (χ0) is 14.6.